The molecule has 1 aliphatic rings. The lowest BCUT2D eigenvalue weighted by Gasteiger charge is -2.30. The summed E-state index contributed by atoms with van der Waals surface area (Å²) >= 11 is 6.11. The number of methoxy groups -OCH3 is 1. The molecule has 9 heteroatoms. The molecule has 0 spiro atoms. The fourth-order valence-corrected chi connectivity index (χ4v) is 5.31. The number of hydrogen-bond acceptors (Lipinski definition) is 5. The minimum atomic E-state index is -3.72. The van der Waals surface area contributed by atoms with Gasteiger partial charge in [-0.2, -0.15) is 0 Å². The Balaban J connectivity index is 1.76. The molecular formula is C23H30ClN3O4S. The number of amides is 1. The van der Waals surface area contributed by atoms with E-state index in [0.29, 0.717) is 5.69 Å². The summed E-state index contributed by atoms with van der Waals surface area (Å²) in [6.07, 6.45) is 4.25. The van der Waals surface area contributed by atoms with Gasteiger partial charge in [-0.05, 0) is 55.3 Å². The van der Waals surface area contributed by atoms with Crippen molar-refractivity contribution in [1.82, 2.24) is 9.21 Å². The van der Waals surface area contributed by atoms with Crippen LogP contribution in [0.1, 0.15) is 37.3 Å². The van der Waals surface area contributed by atoms with E-state index in [1.54, 1.807) is 13.2 Å². The molecule has 1 amide bonds. The number of carbonyl (C=O) groups is 1. The van der Waals surface area contributed by atoms with Crippen molar-refractivity contribution in [2.45, 2.75) is 36.6 Å². The summed E-state index contributed by atoms with van der Waals surface area (Å²) in [5.41, 5.74) is 1.56. The van der Waals surface area contributed by atoms with Crippen molar-refractivity contribution in [2.24, 2.45) is 0 Å². The molecule has 7 nitrogen and oxygen atoms in total. The molecule has 3 rings (SSSR count). The minimum Gasteiger partial charge on any atom is -0.497 e. The summed E-state index contributed by atoms with van der Waals surface area (Å²) in [6, 6.07) is 12.6. The van der Waals surface area contributed by atoms with Gasteiger partial charge in [0, 0.05) is 25.8 Å². The first-order chi connectivity index (χ1) is 15.2. The smallest absolute Gasteiger partial charge is 0.244 e. The molecule has 0 bridgehead atoms. The first-order valence-electron chi connectivity index (χ1n) is 10.6. The summed E-state index contributed by atoms with van der Waals surface area (Å²) in [7, 11) is 0.803. The van der Waals surface area contributed by atoms with Crippen LogP contribution in [-0.2, 0) is 14.8 Å². The molecule has 1 aliphatic heterocycles. The quantitative estimate of drug-likeness (QED) is 0.645. The molecule has 1 atom stereocenters. The van der Waals surface area contributed by atoms with Gasteiger partial charge < -0.3 is 10.1 Å². The van der Waals surface area contributed by atoms with Crippen LogP contribution in [0, 0.1) is 0 Å². The highest BCUT2D eigenvalue weighted by Gasteiger charge is 2.25. The third kappa shape index (κ3) is 5.81. The van der Waals surface area contributed by atoms with Gasteiger partial charge in [-0.25, -0.2) is 12.7 Å². The van der Waals surface area contributed by atoms with Gasteiger partial charge in [0.15, 0.2) is 0 Å². The Morgan fingerprint density at radius 3 is 2.53 bits per heavy atom. The van der Waals surface area contributed by atoms with Gasteiger partial charge in [-0.1, -0.05) is 36.6 Å². The normalized spacial score (nSPS) is 17.7. The molecule has 2 aromatic carbocycles. The summed E-state index contributed by atoms with van der Waals surface area (Å²) in [6.45, 7) is 1.04. The highest BCUT2D eigenvalue weighted by Crippen LogP contribution is 2.31. The molecule has 2 aromatic rings. The molecule has 0 aliphatic carbocycles. The topological polar surface area (TPSA) is 79.0 Å². The Labute approximate surface area is 195 Å². The van der Waals surface area contributed by atoms with E-state index in [-0.39, 0.29) is 28.4 Å². The molecule has 1 N–H and O–H groups in total. The third-order valence-electron chi connectivity index (χ3n) is 5.68. The minimum absolute atomic E-state index is 0.0344. The van der Waals surface area contributed by atoms with Crippen LogP contribution in [0.3, 0.4) is 0 Å². The zero-order valence-electron chi connectivity index (χ0n) is 18.7. The van der Waals surface area contributed by atoms with Crippen LogP contribution < -0.4 is 10.1 Å². The summed E-state index contributed by atoms with van der Waals surface area (Å²) in [4.78, 5) is 15.0. The first kappa shape index (κ1) is 24.5. The van der Waals surface area contributed by atoms with Crippen LogP contribution in [0.5, 0.6) is 5.75 Å². The second-order valence-corrected chi connectivity index (χ2v) is 10.6. The number of nitrogens with zero attached hydrogens (tertiary/aromatic N) is 2. The standard InChI is InChI=1S/C23H30ClN3O4S/c1-26(2)32(29,30)22-15-18(10-13-20(22)24)25-23(28)16-27-14-6-4-5-7-21(27)17-8-11-19(31-3)12-9-17/h8-13,15,21H,4-7,14,16H2,1-3H3,(H,25,28). The van der Waals surface area contributed by atoms with Gasteiger partial charge in [0.25, 0.3) is 0 Å². The van der Waals surface area contributed by atoms with E-state index in [0.717, 1.165) is 47.8 Å². The highest BCUT2D eigenvalue weighted by atomic mass is 35.5. The van der Waals surface area contributed by atoms with Gasteiger partial charge in [0.1, 0.15) is 10.6 Å². The Bertz CT molecular complexity index is 1040. The van der Waals surface area contributed by atoms with Gasteiger partial charge in [0.05, 0.1) is 18.7 Å². The number of halogens is 1. The number of carbonyl (C=O) groups excluding carboxylic acids is 1. The van der Waals surface area contributed by atoms with E-state index in [9.17, 15) is 13.2 Å². The van der Waals surface area contributed by atoms with Crippen molar-refractivity contribution < 1.29 is 17.9 Å². The Hall–Kier alpha value is -2.13. The molecule has 32 heavy (non-hydrogen) atoms. The lowest BCUT2D eigenvalue weighted by atomic mass is 10.0. The number of likely N-dealkylation sites (tertiary alicyclic amines) is 1. The number of anilines is 1. The molecule has 1 unspecified atom stereocenters. The average molecular weight is 480 g/mol. The van der Waals surface area contributed by atoms with Crippen LogP contribution in [0.15, 0.2) is 47.4 Å². The summed E-state index contributed by atoms with van der Waals surface area (Å²) < 4.78 is 31.4. The fourth-order valence-electron chi connectivity index (χ4n) is 3.92. The molecule has 1 saturated heterocycles. The molecule has 0 radical (unpaired) electrons. The second kappa shape index (κ2) is 10.7. The van der Waals surface area contributed by atoms with Gasteiger partial charge >= 0.3 is 0 Å². The van der Waals surface area contributed by atoms with E-state index in [2.05, 4.69) is 22.3 Å². The molecule has 0 aromatic heterocycles. The second-order valence-electron chi connectivity index (χ2n) is 8.09. The van der Waals surface area contributed by atoms with Crippen molar-refractivity contribution >= 4 is 33.2 Å². The van der Waals surface area contributed by atoms with Gasteiger partial charge in [-0.15, -0.1) is 0 Å². The van der Waals surface area contributed by atoms with Gasteiger partial charge in [0.2, 0.25) is 15.9 Å². The predicted octanol–water partition coefficient (Wildman–Crippen LogP) is 4.15. The van der Waals surface area contributed by atoms with Crippen molar-refractivity contribution in [3.63, 3.8) is 0 Å². The molecule has 174 valence electrons. The highest BCUT2D eigenvalue weighted by molar-refractivity contribution is 7.89. The molecule has 1 heterocycles. The maximum atomic E-state index is 12.9. The monoisotopic (exact) mass is 479 g/mol. The van der Waals surface area contributed by atoms with Crippen molar-refractivity contribution in [2.75, 3.05) is 39.6 Å². The number of sulfonamides is 1. The average Bonchev–Trinajstić information content (AvgIpc) is 3.00. The van der Waals surface area contributed by atoms with Crippen LogP contribution in [0.2, 0.25) is 5.02 Å². The molecular weight excluding hydrogens is 450 g/mol. The van der Waals surface area contributed by atoms with E-state index in [1.807, 2.05) is 12.1 Å². The van der Waals surface area contributed by atoms with Crippen LogP contribution in [0.4, 0.5) is 5.69 Å². The first-order valence-corrected chi connectivity index (χ1v) is 12.4. The maximum Gasteiger partial charge on any atom is 0.244 e. The largest absolute Gasteiger partial charge is 0.497 e. The summed E-state index contributed by atoms with van der Waals surface area (Å²) in [5, 5.41) is 2.95. The number of hydrogen-bond donors (Lipinski definition) is 1. The Kier molecular flexibility index (Phi) is 8.16. The van der Waals surface area contributed by atoms with Crippen molar-refractivity contribution in [3.8, 4) is 5.75 Å². The fraction of sp³-hybridized carbons (Fsp3) is 0.435. The van der Waals surface area contributed by atoms with E-state index < -0.39 is 10.0 Å². The van der Waals surface area contributed by atoms with Crippen molar-refractivity contribution in [3.05, 3.63) is 53.1 Å². The number of nitrogens with one attached hydrogen (secondary N) is 1. The third-order valence-corrected chi connectivity index (χ3v) is 7.98. The SMILES string of the molecule is COc1ccc(C2CCCCCN2CC(=O)Nc2ccc(Cl)c(S(=O)(=O)N(C)C)c2)cc1. The van der Waals surface area contributed by atoms with Gasteiger partial charge in [-0.3, -0.25) is 9.69 Å². The van der Waals surface area contributed by atoms with Crippen LogP contribution >= 0.6 is 11.6 Å². The zero-order chi connectivity index (χ0) is 23.3. The van der Waals surface area contributed by atoms with E-state index >= 15 is 0 Å². The number of ether oxygens (including phenoxy) is 1. The maximum absolute atomic E-state index is 12.9. The number of rotatable bonds is 7. The Morgan fingerprint density at radius 2 is 1.88 bits per heavy atom. The van der Waals surface area contributed by atoms with Crippen LogP contribution in [0.25, 0.3) is 0 Å². The lowest BCUT2D eigenvalue weighted by Crippen LogP contribution is -2.36. The predicted molar refractivity (Wildman–Crippen MR) is 127 cm³/mol. The lowest BCUT2D eigenvalue weighted by molar-refractivity contribution is -0.117. The summed E-state index contributed by atoms with van der Waals surface area (Å²) in [5.74, 6) is 0.610. The zero-order valence-corrected chi connectivity index (χ0v) is 20.2. The molecule has 0 saturated carbocycles. The Morgan fingerprint density at radius 1 is 1.16 bits per heavy atom. The van der Waals surface area contributed by atoms with Crippen LogP contribution in [-0.4, -0.2) is 57.8 Å². The number of benzene rings is 2. The van der Waals surface area contributed by atoms with E-state index in [4.69, 9.17) is 16.3 Å². The van der Waals surface area contributed by atoms with E-state index in [1.165, 1.54) is 26.2 Å². The van der Waals surface area contributed by atoms with Crippen molar-refractivity contribution in [1.29, 1.82) is 0 Å². The molecule has 1 fully saturated rings.